The SMILES string of the molecule is COCCNC(c1cccc(C(F)(F)F)c1)c1nccs1. The predicted molar refractivity (Wildman–Crippen MR) is 75.3 cm³/mol. The molecule has 1 aromatic heterocycles. The minimum Gasteiger partial charge on any atom is -0.383 e. The lowest BCUT2D eigenvalue weighted by Gasteiger charge is -2.18. The summed E-state index contributed by atoms with van der Waals surface area (Å²) in [5.41, 5.74) is -0.119. The van der Waals surface area contributed by atoms with Crippen LogP contribution >= 0.6 is 11.3 Å². The standard InChI is InChI=1S/C14H15F3N2OS/c1-20-7-5-18-12(13-19-6-8-21-13)10-3-2-4-11(9-10)14(15,16)17/h2-4,6,8-9,12,18H,5,7H2,1H3. The van der Waals surface area contributed by atoms with Crippen molar-refractivity contribution in [2.24, 2.45) is 0 Å². The summed E-state index contributed by atoms with van der Waals surface area (Å²) >= 11 is 1.40. The molecule has 1 atom stereocenters. The van der Waals surface area contributed by atoms with Gasteiger partial charge in [-0.2, -0.15) is 13.2 Å². The van der Waals surface area contributed by atoms with Crippen LogP contribution in [-0.4, -0.2) is 25.2 Å². The molecule has 0 spiro atoms. The molecule has 21 heavy (non-hydrogen) atoms. The Labute approximate surface area is 124 Å². The van der Waals surface area contributed by atoms with Gasteiger partial charge >= 0.3 is 6.18 Å². The molecule has 114 valence electrons. The summed E-state index contributed by atoms with van der Waals surface area (Å²) in [6.07, 6.45) is -2.71. The molecule has 1 N–H and O–H groups in total. The molecule has 0 radical (unpaired) electrons. The maximum atomic E-state index is 12.8. The summed E-state index contributed by atoms with van der Waals surface area (Å²) < 4.78 is 43.4. The number of rotatable bonds is 6. The van der Waals surface area contributed by atoms with E-state index in [2.05, 4.69) is 10.3 Å². The fraction of sp³-hybridized carbons (Fsp3) is 0.357. The van der Waals surface area contributed by atoms with Gasteiger partial charge in [-0.15, -0.1) is 11.3 Å². The van der Waals surface area contributed by atoms with E-state index in [-0.39, 0.29) is 6.04 Å². The van der Waals surface area contributed by atoms with Gasteiger partial charge in [-0.3, -0.25) is 0 Å². The number of methoxy groups -OCH3 is 1. The summed E-state index contributed by atoms with van der Waals surface area (Å²) in [6, 6.07) is 4.93. The third-order valence-electron chi connectivity index (χ3n) is 2.90. The van der Waals surface area contributed by atoms with Crippen LogP contribution in [0, 0.1) is 0 Å². The number of halogens is 3. The molecular weight excluding hydrogens is 301 g/mol. The van der Waals surface area contributed by atoms with Gasteiger partial charge < -0.3 is 10.1 Å². The van der Waals surface area contributed by atoms with Crippen molar-refractivity contribution in [1.29, 1.82) is 0 Å². The van der Waals surface area contributed by atoms with Gasteiger partial charge in [-0.25, -0.2) is 4.98 Å². The van der Waals surface area contributed by atoms with Crippen molar-refractivity contribution in [2.45, 2.75) is 12.2 Å². The van der Waals surface area contributed by atoms with Crippen molar-refractivity contribution in [2.75, 3.05) is 20.3 Å². The van der Waals surface area contributed by atoms with Gasteiger partial charge in [-0.05, 0) is 17.7 Å². The molecule has 2 rings (SSSR count). The van der Waals surface area contributed by atoms with E-state index in [9.17, 15) is 13.2 Å². The first-order valence-electron chi connectivity index (χ1n) is 6.31. The Morgan fingerprint density at radius 3 is 2.81 bits per heavy atom. The lowest BCUT2D eigenvalue weighted by atomic mass is 10.0. The first-order chi connectivity index (χ1) is 10.0. The minimum absolute atomic E-state index is 0.373. The molecule has 0 amide bonds. The Bertz CT molecular complexity index is 558. The lowest BCUT2D eigenvalue weighted by molar-refractivity contribution is -0.137. The van der Waals surface area contributed by atoms with Crippen molar-refractivity contribution < 1.29 is 17.9 Å². The Hall–Kier alpha value is -1.44. The van der Waals surface area contributed by atoms with Gasteiger partial charge in [0.05, 0.1) is 18.2 Å². The van der Waals surface area contributed by atoms with Crippen LogP contribution in [0.2, 0.25) is 0 Å². The molecule has 7 heteroatoms. The summed E-state index contributed by atoms with van der Waals surface area (Å²) in [5.74, 6) is 0. The fourth-order valence-electron chi connectivity index (χ4n) is 1.92. The number of nitrogens with one attached hydrogen (secondary N) is 1. The average molecular weight is 316 g/mol. The van der Waals surface area contributed by atoms with Gasteiger partial charge in [0.1, 0.15) is 5.01 Å². The van der Waals surface area contributed by atoms with Crippen molar-refractivity contribution >= 4 is 11.3 Å². The zero-order valence-electron chi connectivity index (χ0n) is 11.4. The molecule has 0 fully saturated rings. The van der Waals surface area contributed by atoms with E-state index in [1.165, 1.54) is 17.4 Å². The number of hydrogen-bond donors (Lipinski definition) is 1. The second kappa shape index (κ2) is 7.02. The first kappa shape index (κ1) is 15.9. The second-order valence-electron chi connectivity index (χ2n) is 4.37. The van der Waals surface area contributed by atoms with E-state index in [0.717, 1.165) is 17.1 Å². The number of nitrogens with zero attached hydrogens (tertiary/aromatic N) is 1. The summed E-state index contributed by atoms with van der Waals surface area (Å²) in [7, 11) is 1.57. The van der Waals surface area contributed by atoms with Gasteiger partial charge in [0.15, 0.2) is 0 Å². The highest BCUT2D eigenvalue weighted by Gasteiger charge is 2.31. The number of benzene rings is 1. The maximum Gasteiger partial charge on any atom is 0.416 e. The molecule has 3 nitrogen and oxygen atoms in total. The van der Waals surface area contributed by atoms with Crippen LogP contribution in [0.15, 0.2) is 35.8 Å². The lowest BCUT2D eigenvalue weighted by Crippen LogP contribution is -2.26. The highest BCUT2D eigenvalue weighted by atomic mass is 32.1. The molecule has 2 aromatic rings. The Morgan fingerprint density at radius 1 is 1.38 bits per heavy atom. The number of alkyl halides is 3. The molecule has 0 aliphatic heterocycles. The topological polar surface area (TPSA) is 34.1 Å². The van der Waals surface area contributed by atoms with E-state index < -0.39 is 11.7 Å². The van der Waals surface area contributed by atoms with Crippen molar-refractivity contribution in [3.05, 3.63) is 52.0 Å². The van der Waals surface area contributed by atoms with Crippen LogP contribution in [-0.2, 0) is 10.9 Å². The van der Waals surface area contributed by atoms with Crippen LogP contribution in [0.4, 0.5) is 13.2 Å². The monoisotopic (exact) mass is 316 g/mol. The smallest absolute Gasteiger partial charge is 0.383 e. The summed E-state index contributed by atoms with van der Waals surface area (Å²) in [5, 5.41) is 5.70. The average Bonchev–Trinajstić information content (AvgIpc) is 2.97. The van der Waals surface area contributed by atoms with Gasteiger partial charge in [0.2, 0.25) is 0 Å². The van der Waals surface area contributed by atoms with Crippen molar-refractivity contribution in [3.63, 3.8) is 0 Å². The number of thiazole rings is 1. The first-order valence-corrected chi connectivity index (χ1v) is 7.19. The highest BCUT2D eigenvalue weighted by Crippen LogP contribution is 2.32. The van der Waals surface area contributed by atoms with Crippen LogP contribution < -0.4 is 5.32 Å². The molecule has 0 saturated carbocycles. The molecule has 0 bridgehead atoms. The van der Waals surface area contributed by atoms with E-state index in [1.807, 2.05) is 0 Å². The summed E-state index contributed by atoms with van der Waals surface area (Å²) in [4.78, 5) is 4.20. The predicted octanol–water partition coefficient (Wildman–Crippen LogP) is 3.49. The molecule has 0 aliphatic rings. The third kappa shape index (κ3) is 4.26. The minimum atomic E-state index is -4.35. The van der Waals surface area contributed by atoms with E-state index in [4.69, 9.17) is 4.74 Å². The van der Waals surface area contributed by atoms with E-state index in [0.29, 0.717) is 18.7 Å². The molecule has 1 heterocycles. The van der Waals surface area contributed by atoms with E-state index in [1.54, 1.807) is 24.8 Å². The van der Waals surface area contributed by atoms with E-state index >= 15 is 0 Å². The Morgan fingerprint density at radius 2 is 2.19 bits per heavy atom. The van der Waals surface area contributed by atoms with Crippen LogP contribution in [0.3, 0.4) is 0 Å². The quantitative estimate of drug-likeness (QED) is 0.829. The number of aromatic nitrogens is 1. The molecule has 1 unspecified atom stereocenters. The molecule has 0 aliphatic carbocycles. The molecule has 0 saturated heterocycles. The third-order valence-corrected chi connectivity index (χ3v) is 3.74. The second-order valence-corrected chi connectivity index (χ2v) is 5.30. The number of ether oxygens (including phenoxy) is 1. The Kier molecular flexibility index (Phi) is 5.33. The largest absolute Gasteiger partial charge is 0.416 e. The van der Waals surface area contributed by atoms with Crippen LogP contribution in [0.1, 0.15) is 22.2 Å². The number of hydrogen-bond acceptors (Lipinski definition) is 4. The molecule has 1 aromatic carbocycles. The Balaban J connectivity index is 2.28. The summed E-state index contributed by atoms with van der Waals surface area (Å²) in [6.45, 7) is 0.998. The highest BCUT2D eigenvalue weighted by molar-refractivity contribution is 7.09. The normalized spacial score (nSPS) is 13.3. The van der Waals surface area contributed by atoms with Crippen molar-refractivity contribution in [1.82, 2.24) is 10.3 Å². The van der Waals surface area contributed by atoms with Gasteiger partial charge in [0, 0.05) is 25.2 Å². The maximum absolute atomic E-state index is 12.8. The van der Waals surface area contributed by atoms with Gasteiger partial charge in [0.25, 0.3) is 0 Å². The fourth-order valence-corrected chi connectivity index (χ4v) is 2.66. The zero-order valence-corrected chi connectivity index (χ0v) is 12.2. The van der Waals surface area contributed by atoms with Gasteiger partial charge in [-0.1, -0.05) is 12.1 Å². The zero-order chi connectivity index (χ0) is 15.3. The van der Waals surface area contributed by atoms with Crippen molar-refractivity contribution in [3.8, 4) is 0 Å². The van der Waals surface area contributed by atoms with Crippen LogP contribution in [0.25, 0.3) is 0 Å². The van der Waals surface area contributed by atoms with Crippen LogP contribution in [0.5, 0.6) is 0 Å². The molecular formula is C14H15F3N2OS.